The van der Waals surface area contributed by atoms with E-state index in [1.807, 2.05) is 6.92 Å². The van der Waals surface area contributed by atoms with E-state index < -0.39 is 15.1 Å². The van der Waals surface area contributed by atoms with E-state index in [2.05, 4.69) is 0 Å². The Balaban J connectivity index is 2.35. The van der Waals surface area contributed by atoms with Crippen molar-refractivity contribution in [3.8, 4) is 0 Å². The lowest BCUT2D eigenvalue weighted by molar-refractivity contribution is 0.263. The highest BCUT2D eigenvalue weighted by Crippen LogP contribution is 2.18. The molecule has 2 aromatic carbocycles. The van der Waals surface area contributed by atoms with Crippen molar-refractivity contribution < 1.29 is 13.2 Å². The molecular formula is C14H14N2O3S. The number of hydrazine groups is 1. The normalized spacial score (nSPS) is 11.1. The van der Waals surface area contributed by atoms with E-state index in [0.29, 0.717) is 10.7 Å². The molecule has 5 nitrogen and oxygen atoms in total. The Bertz CT molecular complexity index is 710. The van der Waals surface area contributed by atoms with Crippen LogP contribution in [-0.4, -0.2) is 13.7 Å². The number of hydrogen-bond acceptors (Lipinski definition) is 4. The molecule has 0 fully saturated rings. The lowest BCUT2D eigenvalue weighted by Crippen LogP contribution is -2.41. The SMILES string of the molecule is Cc1ccc(S(=O)(=O)C(=O)N(N)c2ccccc2)cc1. The first kappa shape index (κ1) is 14.2. The minimum absolute atomic E-state index is 0.0699. The molecule has 0 bridgehead atoms. The number of carbonyl (C=O) groups is 1. The smallest absolute Gasteiger partial charge is 0.254 e. The molecule has 0 spiro atoms. The fourth-order valence-corrected chi connectivity index (χ4v) is 2.70. The van der Waals surface area contributed by atoms with Gasteiger partial charge in [0.05, 0.1) is 10.6 Å². The van der Waals surface area contributed by atoms with Gasteiger partial charge in [0, 0.05) is 0 Å². The van der Waals surface area contributed by atoms with Crippen LogP contribution in [0.3, 0.4) is 0 Å². The fourth-order valence-electron chi connectivity index (χ4n) is 1.64. The molecule has 0 aliphatic rings. The first-order valence-electron chi connectivity index (χ1n) is 5.88. The zero-order valence-corrected chi connectivity index (χ0v) is 11.7. The highest BCUT2D eigenvalue weighted by Gasteiger charge is 2.29. The number of benzene rings is 2. The fraction of sp³-hybridized carbons (Fsp3) is 0.0714. The number of hydrogen-bond donors (Lipinski definition) is 1. The molecule has 0 saturated heterocycles. The number of carbonyl (C=O) groups excluding carboxylic acids is 1. The molecule has 0 unspecified atom stereocenters. The summed E-state index contributed by atoms with van der Waals surface area (Å²) in [5, 5.41) is -0.526. The van der Waals surface area contributed by atoms with Crippen LogP contribution < -0.4 is 10.9 Å². The van der Waals surface area contributed by atoms with Crippen LogP contribution in [-0.2, 0) is 9.84 Å². The van der Waals surface area contributed by atoms with Crippen molar-refractivity contribution in [3.63, 3.8) is 0 Å². The average Bonchev–Trinajstić information content (AvgIpc) is 2.47. The Kier molecular flexibility index (Phi) is 3.87. The Morgan fingerprint density at radius 3 is 2.10 bits per heavy atom. The monoisotopic (exact) mass is 290 g/mol. The maximum atomic E-state index is 12.2. The second-order valence-corrected chi connectivity index (χ2v) is 6.12. The van der Waals surface area contributed by atoms with Crippen LogP contribution in [0.2, 0.25) is 0 Å². The number of aryl methyl sites for hydroxylation is 1. The molecule has 2 rings (SSSR count). The van der Waals surface area contributed by atoms with Gasteiger partial charge in [0.1, 0.15) is 0 Å². The van der Waals surface area contributed by atoms with E-state index in [1.54, 1.807) is 42.5 Å². The van der Waals surface area contributed by atoms with Crippen molar-refractivity contribution in [2.75, 3.05) is 5.01 Å². The Morgan fingerprint density at radius 1 is 1.00 bits per heavy atom. The summed E-state index contributed by atoms with van der Waals surface area (Å²) in [5.74, 6) is 5.60. The van der Waals surface area contributed by atoms with Gasteiger partial charge < -0.3 is 0 Å². The average molecular weight is 290 g/mol. The van der Waals surface area contributed by atoms with Crippen LogP contribution in [0.25, 0.3) is 0 Å². The van der Waals surface area contributed by atoms with E-state index in [9.17, 15) is 13.2 Å². The second-order valence-electron chi connectivity index (χ2n) is 4.29. The summed E-state index contributed by atoms with van der Waals surface area (Å²) >= 11 is 0. The van der Waals surface area contributed by atoms with Crippen LogP contribution >= 0.6 is 0 Å². The predicted molar refractivity (Wildman–Crippen MR) is 76.9 cm³/mol. The van der Waals surface area contributed by atoms with Gasteiger partial charge in [-0.2, -0.15) is 0 Å². The molecule has 0 aliphatic carbocycles. The number of nitrogens with two attached hydrogens (primary N) is 1. The molecule has 2 aromatic rings. The lowest BCUT2D eigenvalue weighted by atomic mass is 10.2. The van der Waals surface area contributed by atoms with Gasteiger partial charge in [-0.3, -0.25) is 4.79 Å². The van der Waals surface area contributed by atoms with Crippen molar-refractivity contribution in [1.82, 2.24) is 0 Å². The van der Waals surface area contributed by atoms with Crippen molar-refractivity contribution in [2.24, 2.45) is 5.84 Å². The molecule has 2 N–H and O–H groups in total. The summed E-state index contributed by atoms with van der Waals surface area (Å²) in [4.78, 5) is 12.0. The van der Waals surface area contributed by atoms with Crippen molar-refractivity contribution in [2.45, 2.75) is 11.8 Å². The summed E-state index contributed by atoms with van der Waals surface area (Å²) in [6.45, 7) is 1.83. The number of nitrogens with zero attached hydrogens (tertiary/aromatic N) is 1. The summed E-state index contributed by atoms with van der Waals surface area (Å²) in [6, 6.07) is 14.2. The van der Waals surface area contributed by atoms with E-state index in [0.717, 1.165) is 5.56 Å². The van der Waals surface area contributed by atoms with Gasteiger partial charge in [0.2, 0.25) is 0 Å². The minimum atomic E-state index is -4.14. The van der Waals surface area contributed by atoms with Crippen LogP contribution in [0.5, 0.6) is 0 Å². The molecule has 0 heterocycles. The van der Waals surface area contributed by atoms with E-state index in [-0.39, 0.29) is 4.90 Å². The third-order valence-corrected chi connectivity index (χ3v) is 4.34. The summed E-state index contributed by atoms with van der Waals surface area (Å²) in [5.41, 5.74) is 1.22. The Morgan fingerprint density at radius 2 is 1.55 bits per heavy atom. The van der Waals surface area contributed by atoms with Crippen LogP contribution in [0.4, 0.5) is 10.5 Å². The number of para-hydroxylation sites is 1. The predicted octanol–water partition coefficient (Wildman–Crippen LogP) is 2.27. The van der Waals surface area contributed by atoms with Gasteiger partial charge in [-0.15, -0.1) is 0 Å². The van der Waals surface area contributed by atoms with Crippen molar-refractivity contribution in [1.29, 1.82) is 0 Å². The van der Waals surface area contributed by atoms with Crippen molar-refractivity contribution in [3.05, 3.63) is 60.2 Å². The molecule has 20 heavy (non-hydrogen) atoms. The Labute approximate surface area is 117 Å². The lowest BCUT2D eigenvalue weighted by Gasteiger charge is -2.16. The molecule has 0 aliphatic heterocycles. The van der Waals surface area contributed by atoms with Gasteiger partial charge in [-0.05, 0) is 31.2 Å². The molecule has 6 heteroatoms. The second kappa shape index (κ2) is 5.44. The molecule has 0 aromatic heterocycles. The maximum Gasteiger partial charge on any atom is 0.362 e. The third-order valence-electron chi connectivity index (χ3n) is 2.79. The van der Waals surface area contributed by atoms with Gasteiger partial charge in [-0.25, -0.2) is 19.3 Å². The summed E-state index contributed by atoms with van der Waals surface area (Å²) < 4.78 is 24.4. The van der Waals surface area contributed by atoms with E-state index in [4.69, 9.17) is 5.84 Å². The highest BCUT2D eigenvalue weighted by molar-refractivity contribution is 8.06. The zero-order valence-electron chi connectivity index (χ0n) is 10.9. The van der Waals surface area contributed by atoms with Gasteiger partial charge in [-0.1, -0.05) is 35.9 Å². The van der Waals surface area contributed by atoms with Crippen LogP contribution in [0, 0.1) is 6.92 Å². The van der Waals surface area contributed by atoms with Gasteiger partial charge in [0.15, 0.2) is 0 Å². The molecule has 0 atom stereocenters. The highest BCUT2D eigenvalue weighted by atomic mass is 32.2. The van der Waals surface area contributed by atoms with Crippen molar-refractivity contribution >= 4 is 20.8 Å². The van der Waals surface area contributed by atoms with Crippen LogP contribution in [0.15, 0.2) is 59.5 Å². The first-order valence-corrected chi connectivity index (χ1v) is 7.37. The van der Waals surface area contributed by atoms with Gasteiger partial charge >= 0.3 is 5.24 Å². The minimum Gasteiger partial charge on any atom is -0.254 e. The number of sulfone groups is 1. The third kappa shape index (κ3) is 2.71. The topological polar surface area (TPSA) is 80.5 Å². The molecule has 0 saturated carbocycles. The number of rotatable bonds is 2. The first-order chi connectivity index (χ1) is 9.43. The zero-order chi connectivity index (χ0) is 14.8. The molecule has 0 radical (unpaired) electrons. The number of amides is 1. The van der Waals surface area contributed by atoms with Crippen LogP contribution in [0.1, 0.15) is 5.56 Å². The quantitative estimate of drug-likeness (QED) is 0.522. The largest absolute Gasteiger partial charge is 0.362 e. The van der Waals surface area contributed by atoms with E-state index >= 15 is 0 Å². The molecule has 1 amide bonds. The van der Waals surface area contributed by atoms with E-state index in [1.165, 1.54) is 12.1 Å². The standard InChI is InChI=1S/C14H14N2O3S/c1-11-7-9-13(10-8-11)20(18,19)14(17)16(15)12-5-3-2-4-6-12/h2-10H,15H2,1H3. The van der Waals surface area contributed by atoms with Gasteiger partial charge in [0.25, 0.3) is 9.84 Å². The number of anilines is 1. The molecular weight excluding hydrogens is 276 g/mol. The maximum absolute atomic E-state index is 12.2. The molecule has 104 valence electrons. The summed E-state index contributed by atoms with van der Waals surface area (Å²) in [6.07, 6.45) is 0. The summed E-state index contributed by atoms with van der Waals surface area (Å²) in [7, 11) is -4.14. The Hall–Kier alpha value is -2.18.